The lowest BCUT2D eigenvalue weighted by atomic mass is 10.1. The van der Waals surface area contributed by atoms with Gasteiger partial charge in [-0.15, -0.1) is 0 Å². The van der Waals surface area contributed by atoms with E-state index in [9.17, 15) is 13.2 Å². The van der Waals surface area contributed by atoms with Gasteiger partial charge in [0.25, 0.3) is 0 Å². The van der Waals surface area contributed by atoms with Crippen LogP contribution in [-0.4, -0.2) is 14.1 Å². The third kappa shape index (κ3) is 3.90. The number of nitrogens with one attached hydrogen (secondary N) is 1. The van der Waals surface area contributed by atoms with Crippen molar-refractivity contribution < 1.29 is 13.2 Å². The van der Waals surface area contributed by atoms with Gasteiger partial charge in [-0.25, -0.2) is 0 Å². The normalized spacial score (nSPS) is 11.3. The molecule has 1 N–H and O–H groups in total. The van der Waals surface area contributed by atoms with Gasteiger partial charge in [-0.05, 0) is 35.9 Å². The first-order valence-corrected chi connectivity index (χ1v) is 6.54. The number of halogens is 3. The molecule has 2 rings (SSSR count). The lowest BCUT2D eigenvalue weighted by Gasteiger charge is -2.15. The second-order valence-electron chi connectivity index (χ2n) is 4.95. The van der Waals surface area contributed by atoms with E-state index >= 15 is 0 Å². The summed E-state index contributed by atoms with van der Waals surface area (Å²) in [6, 6.07) is 13.1. The van der Waals surface area contributed by atoms with E-state index in [0.29, 0.717) is 0 Å². The Labute approximate surface area is 122 Å². The first kappa shape index (κ1) is 15.2. The summed E-state index contributed by atoms with van der Waals surface area (Å²) in [5.74, 6) is 0. The van der Waals surface area contributed by atoms with Crippen molar-refractivity contribution in [3.8, 4) is 0 Å². The van der Waals surface area contributed by atoms with Crippen LogP contribution in [0.25, 0.3) is 0 Å². The molecule has 0 saturated heterocycles. The summed E-state index contributed by atoms with van der Waals surface area (Å²) in [5.41, 5.74) is 1.47. The van der Waals surface area contributed by atoms with Crippen LogP contribution in [0.1, 0.15) is 11.1 Å². The maximum absolute atomic E-state index is 12.9. The maximum Gasteiger partial charge on any atom is 0.416 e. The van der Waals surface area contributed by atoms with Crippen molar-refractivity contribution in [1.29, 1.82) is 0 Å². The van der Waals surface area contributed by atoms with Crippen LogP contribution in [0.15, 0.2) is 48.5 Å². The highest BCUT2D eigenvalue weighted by atomic mass is 19.4. The SMILES string of the molecule is CN(C)c1ccc(NCc2ccccc2C(F)(F)F)cc1. The number of hydrogen-bond acceptors (Lipinski definition) is 2. The zero-order valence-corrected chi connectivity index (χ0v) is 11.9. The summed E-state index contributed by atoms with van der Waals surface area (Å²) < 4.78 is 38.6. The highest BCUT2D eigenvalue weighted by Crippen LogP contribution is 2.32. The van der Waals surface area contributed by atoms with E-state index in [2.05, 4.69) is 5.32 Å². The van der Waals surface area contributed by atoms with Gasteiger partial charge in [-0.1, -0.05) is 18.2 Å². The molecule has 0 fully saturated rings. The Balaban J connectivity index is 2.10. The smallest absolute Gasteiger partial charge is 0.381 e. The van der Waals surface area contributed by atoms with E-state index in [1.54, 1.807) is 6.07 Å². The van der Waals surface area contributed by atoms with E-state index in [-0.39, 0.29) is 12.1 Å². The van der Waals surface area contributed by atoms with Gasteiger partial charge in [0, 0.05) is 32.0 Å². The summed E-state index contributed by atoms with van der Waals surface area (Å²) in [7, 11) is 3.87. The van der Waals surface area contributed by atoms with Crippen molar-refractivity contribution in [2.75, 3.05) is 24.3 Å². The quantitative estimate of drug-likeness (QED) is 0.900. The van der Waals surface area contributed by atoms with Gasteiger partial charge < -0.3 is 10.2 Å². The fraction of sp³-hybridized carbons (Fsp3) is 0.250. The Bertz CT molecular complexity index is 589. The van der Waals surface area contributed by atoms with Crippen LogP contribution in [0, 0.1) is 0 Å². The minimum absolute atomic E-state index is 0.136. The number of anilines is 2. The van der Waals surface area contributed by atoms with Crippen LogP contribution >= 0.6 is 0 Å². The van der Waals surface area contributed by atoms with E-state index < -0.39 is 11.7 Å². The Kier molecular flexibility index (Phi) is 4.40. The van der Waals surface area contributed by atoms with E-state index in [0.717, 1.165) is 17.4 Å². The molecule has 0 aliphatic rings. The van der Waals surface area contributed by atoms with Crippen molar-refractivity contribution in [1.82, 2.24) is 0 Å². The number of alkyl halides is 3. The zero-order chi connectivity index (χ0) is 15.5. The molecule has 0 radical (unpaired) electrons. The molecule has 0 atom stereocenters. The summed E-state index contributed by atoms with van der Waals surface area (Å²) in [5, 5.41) is 3.02. The third-order valence-electron chi connectivity index (χ3n) is 3.19. The van der Waals surface area contributed by atoms with Crippen LogP contribution in [0.4, 0.5) is 24.5 Å². The first-order chi connectivity index (χ1) is 9.88. The van der Waals surface area contributed by atoms with Crippen LogP contribution in [0.5, 0.6) is 0 Å². The monoisotopic (exact) mass is 294 g/mol. The Morgan fingerprint density at radius 1 is 0.952 bits per heavy atom. The molecular formula is C16H17F3N2. The molecule has 0 saturated carbocycles. The van der Waals surface area contributed by atoms with Gasteiger partial charge in [0.05, 0.1) is 5.56 Å². The van der Waals surface area contributed by atoms with Crippen molar-refractivity contribution in [3.63, 3.8) is 0 Å². The molecule has 0 aliphatic heterocycles. The summed E-state index contributed by atoms with van der Waals surface area (Å²) in [6.45, 7) is 0.136. The molecule has 0 bridgehead atoms. The van der Waals surface area contributed by atoms with Crippen molar-refractivity contribution in [2.45, 2.75) is 12.7 Å². The molecule has 21 heavy (non-hydrogen) atoms. The van der Waals surface area contributed by atoms with Crippen molar-refractivity contribution in [3.05, 3.63) is 59.7 Å². The van der Waals surface area contributed by atoms with E-state index in [1.165, 1.54) is 12.1 Å². The van der Waals surface area contributed by atoms with Crippen molar-refractivity contribution in [2.24, 2.45) is 0 Å². The topological polar surface area (TPSA) is 15.3 Å². The summed E-state index contributed by atoms with van der Waals surface area (Å²) in [6.07, 6.45) is -4.33. The number of rotatable bonds is 4. The molecule has 112 valence electrons. The molecule has 0 amide bonds. The average molecular weight is 294 g/mol. The standard InChI is InChI=1S/C16H17F3N2/c1-21(2)14-9-7-13(8-10-14)20-11-12-5-3-4-6-15(12)16(17,18)19/h3-10,20H,11H2,1-2H3. The third-order valence-corrected chi connectivity index (χ3v) is 3.19. The lowest BCUT2D eigenvalue weighted by molar-refractivity contribution is -0.138. The molecule has 0 heterocycles. The lowest BCUT2D eigenvalue weighted by Crippen LogP contribution is -2.12. The minimum atomic E-state index is -4.33. The first-order valence-electron chi connectivity index (χ1n) is 6.54. The average Bonchev–Trinajstić information content (AvgIpc) is 2.45. The largest absolute Gasteiger partial charge is 0.416 e. The van der Waals surface area contributed by atoms with Crippen LogP contribution < -0.4 is 10.2 Å². The van der Waals surface area contributed by atoms with E-state index in [1.807, 2.05) is 43.3 Å². The molecule has 2 nitrogen and oxygen atoms in total. The Morgan fingerprint density at radius 2 is 1.57 bits per heavy atom. The predicted molar refractivity (Wildman–Crippen MR) is 79.5 cm³/mol. The molecule has 0 unspecified atom stereocenters. The highest BCUT2D eigenvalue weighted by Gasteiger charge is 2.32. The molecule has 0 aliphatic carbocycles. The van der Waals surface area contributed by atoms with Crippen LogP contribution in [0.3, 0.4) is 0 Å². The second kappa shape index (κ2) is 6.08. The molecular weight excluding hydrogens is 277 g/mol. The fourth-order valence-electron chi connectivity index (χ4n) is 2.03. The van der Waals surface area contributed by atoms with Crippen LogP contribution in [0.2, 0.25) is 0 Å². The van der Waals surface area contributed by atoms with Gasteiger partial charge in [-0.3, -0.25) is 0 Å². The zero-order valence-electron chi connectivity index (χ0n) is 11.9. The Morgan fingerprint density at radius 3 is 2.14 bits per heavy atom. The molecule has 0 aromatic heterocycles. The van der Waals surface area contributed by atoms with Gasteiger partial charge in [0.1, 0.15) is 0 Å². The van der Waals surface area contributed by atoms with Crippen LogP contribution in [-0.2, 0) is 12.7 Å². The minimum Gasteiger partial charge on any atom is -0.381 e. The maximum atomic E-state index is 12.9. The van der Waals surface area contributed by atoms with Crippen molar-refractivity contribution >= 4 is 11.4 Å². The molecule has 2 aromatic carbocycles. The summed E-state index contributed by atoms with van der Waals surface area (Å²) >= 11 is 0. The number of hydrogen-bond donors (Lipinski definition) is 1. The Hall–Kier alpha value is -2.17. The second-order valence-corrected chi connectivity index (χ2v) is 4.95. The van der Waals surface area contributed by atoms with Gasteiger partial charge in [0.15, 0.2) is 0 Å². The van der Waals surface area contributed by atoms with Gasteiger partial charge in [-0.2, -0.15) is 13.2 Å². The molecule has 0 spiro atoms. The van der Waals surface area contributed by atoms with Gasteiger partial charge in [0.2, 0.25) is 0 Å². The highest BCUT2D eigenvalue weighted by molar-refractivity contribution is 5.54. The van der Waals surface area contributed by atoms with E-state index in [4.69, 9.17) is 0 Å². The fourth-order valence-corrected chi connectivity index (χ4v) is 2.03. The van der Waals surface area contributed by atoms with Gasteiger partial charge >= 0.3 is 6.18 Å². The molecule has 5 heteroatoms. The predicted octanol–water partition coefficient (Wildman–Crippen LogP) is 4.38. The number of nitrogens with zero attached hydrogens (tertiary/aromatic N) is 1. The number of benzene rings is 2. The summed E-state index contributed by atoms with van der Waals surface area (Å²) in [4.78, 5) is 1.96. The molecule has 2 aromatic rings.